The minimum Gasteiger partial charge on any atom is -0.358 e. The summed E-state index contributed by atoms with van der Waals surface area (Å²) in [6.45, 7) is 4.52. The first-order valence-corrected chi connectivity index (χ1v) is 5.28. The molecule has 72 valence electrons. The van der Waals surface area contributed by atoms with Gasteiger partial charge in [0.15, 0.2) is 0 Å². The fourth-order valence-corrected chi connectivity index (χ4v) is 1.69. The molecule has 0 bridgehead atoms. The van der Waals surface area contributed by atoms with Crippen LogP contribution in [0.15, 0.2) is 24.2 Å². The topological polar surface area (TPSA) is 6.48 Å². The zero-order chi connectivity index (χ0) is 9.10. The van der Waals surface area contributed by atoms with Crippen LogP contribution in [0, 0.1) is 0 Å². The smallest absolute Gasteiger partial charge is 0.0938 e. The van der Waals surface area contributed by atoms with Crippen molar-refractivity contribution < 1.29 is 0 Å². The van der Waals surface area contributed by atoms with Crippen molar-refractivity contribution in [3.8, 4) is 0 Å². The second kappa shape index (κ2) is 3.86. The average Bonchev–Trinajstić information content (AvgIpc) is 2.46. The Labute approximate surface area is 80.5 Å². The molecule has 2 aliphatic rings. The Bertz CT molecular complexity index is 230. The number of allylic oxidation sites excluding steroid dienone is 2. The van der Waals surface area contributed by atoms with E-state index in [-0.39, 0.29) is 0 Å². The number of nitrogens with zero attached hydrogens (tertiary/aromatic N) is 2. The van der Waals surface area contributed by atoms with Crippen molar-refractivity contribution in [1.82, 2.24) is 9.80 Å². The number of hydrogen-bond acceptors (Lipinski definition) is 2. The van der Waals surface area contributed by atoms with Gasteiger partial charge in [-0.15, -0.1) is 0 Å². The molecule has 1 aliphatic heterocycles. The van der Waals surface area contributed by atoms with Gasteiger partial charge in [-0.2, -0.15) is 0 Å². The monoisotopic (exact) mass is 178 g/mol. The maximum Gasteiger partial charge on any atom is 0.0938 e. The van der Waals surface area contributed by atoms with E-state index < -0.39 is 0 Å². The molecule has 1 heterocycles. The van der Waals surface area contributed by atoms with E-state index in [1.807, 2.05) is 0 Å². The van der Waals surface area contributed by atoms with Gasteiger partial charge < -0.3 is 9.80 Å². The molecule has 2 heteroatoms. The van der Waals surface area contributed by atoms with Crippen LogP contribution in [0.5, 0.6) is 0 Å². The molecule has 0 N–H and O–H groups in total. The standard InChI is InChI=1S/C11H18N2/c1-2-3-7-12-8-9-13(10-12)11-5-4-6-11/h5,8-9H,2-4,6-7,10H2,1H3. The van der Waals surface area contributed by atoms with Gasteiger partial charge in [0, 0.05) is 24.6 Å². The molecule has 0 aromatic heterocycles. The zero-order valence-corrected chi connectivity index (χ0v) is 8.37. The van der Waals surface area contributed by atoms with Crippen molar-refractivity contribution in [1.29, 1.82) is 0 Å². The molecule has 0 saturated carbocycles. The van der Waals surface area contributed by atoms with Crippen LogP contribution in [0.25, 0.3) is 0 Å². The highest BCUT2D eigenvalue weighted by Gasteiger charge is 2.17. The minimum atomic E-state index is 1.08. The highest BCUT2D eigenvalue weighted by atomic mass is 15.3. The van der Waals surface area contributed by atoms with Gasteiger partial charge in [-0.05, 0) is 19.3 Å². The third-order valence-corrected chi connectivity index (χ3v) is 2.74. The van der Waals surface area contributed by atoms with Crippen molar-refractivity contribution in [2.45, 2.75) is 32.6 Å². The normalized spacial score (nSPS) is 20.5. The second-order valence-electron chi connectivity index (χ2n) is 3.81. The van der Waals surface area contributed by atoms with Crippen molar-refractivity contribution in [2.75, 3.05) is 13.2 Å². The first-order chi connectivity index (χ1) is 6.40. The Balaban J connectivity index is 1.78. The van der Waals surface area contributed by atoms with Crippen LogP contribution in [0.3, 0.4) is 0 Å². The van der Waals surface area contributed by atoms with Gasteiger partial charge in [-0.25, -0.2) is 0 Å². The quantitative estimate of drug-likeness (QED) is 0.652. The fraction of sp³-hybridized carbons (Fsp3) is 0.636. The molecule has 0 radical (unpaired) electrons. The Hall–Kier alpha value is -0.920. The van der Waals surface area contributed by atoms with Gasteiger partial charge >= 0.3 is 0 Å². The summed E-state index contributed by atoms with van der Waals surface area (Å²) in [4.78, 5) is 4.75. The third kappa shape index (κ3) is 1.87. The van der Waals surface area contributed by atoms with E-state index in [1.54, 1.807) is 0 Å². The van der Waals surface area contributed by atoms with E-state index in [0.29, 0.717) is 0 Å². The van der Waals surface area contributed by atoms with Crippen LogP contribution < -0.4 is 0 Å². The highest BCUT2D eigenvalue weighted by molar-refractivity contribution is 5.15. The van der Waals surface area contributed by atoms with Gasteiger partial charge in [-0.1, -0.05) is 19.4 Å². The van der Waals surface area contributed by atoms with Gasteiger partial charge in [-0.3, -0.25) is 0 Å². The average molecular weight is 178 g/mol. The Morgan fingerprint density at radius 1 is 1.38 bits per heavy atom. The summed E-state index contributed by atoms with van der Waals surface area (Å²) in [5.41, 5.74) is 1.51. The molecule has 0 fully saturated rings. The lowest BCUT2D eigenvalue weighted by atomic mass is 10.1. The molecular formula is C11H18N2. The summed E-state index contributed by atoms with van der Waals surface area (Å²) in [5, 5.41) is 0. The van der Waals surface area contributed by atoms with Crippen LogP contribution in [-0.4, -0.2) is 23.0 Å². The summed E-state index contributed by atoms with van der Waals surface area (Å²) < 4.78 is 0. The van der Waals surface area contributed by atoms with E-state index in [0.717, 1.165) is 6.67 Å². The molecule has 0 unspecified atom stereocenters. The molecule has 0 atom stereocenters. The number of hydrogen-bond donors (Lipinski definition) is 0. The fourth-order valence-electron chi connectivity index (χ4n) is 1.69. The Morgan fingerprint density at radius 2 is 2.23 bits per heavy atom. The summed E-state index contributed by atoms with van der Waals surface area (Å²) in [7, 11) is 0. The minimum absolute atomic E-state index is 1.08. The molecule has 0 aromatic rings. The molecule has 0 amide bonds. The van der Waals surface area contributed by atoms with Crippen LogP contribution >= 0.6 is 0 Å². The summed E-state index contributed by atoms with van der Waals surface area (Å²) >= 11 is 0. The van der Waals surface area contributed by atoms with E-state index in [2.05, 4.69) is 35.2 Å². The summed E-state index contributed by atoms with van der Waals surface area (Å²) in [6.07, 6.45) is 11.9. The summed E-state index contributed by atoms with van der Waals surface area (Å²) in [6, 6.07) is 0. The first-order valence-electron chi connectivity index (χ1n) is 5.28. The molecule has 2 rings (SSSR count). The number of rotatable bonds is 4. The maximum atomic E-state index is 2.39. The van der Waals surface area contributed by atoms with Crippen LogP contribution in [0.4, 0.5) is 0 Å². The second-order valence-corrected chi connectivity index (χ2v) is 3.81. The predicted octanol–water partition coefficient (Wildman–Crippen LogP) is 2.51. The van der Waals surface area contributed by atoms with E-state index in [9.17, 15) is 0 Å². The molecule has 2 nitrogen and oxygen atoms in total. The highest BCUT2D eigenvalue weighted by Crippen LogP contribution is 2.25. The van der Waals surface area contributed by atoms with Crippen LogP contribution in [0.2, 0.25) is 0 Å². The van der Waals surface area contributed by atoms with Crippen molar-refractivity contribution in [3.63, 3.8) is 0 Å². The Morgan fingerprint density at radius 3 is 2.85 bits per heavy atom. The SMILES string of the molecule is CCCCN1C=CN(C2=CCC2)C1. The van der Waals surface area contributed by atoms with Gasteiger partial charge in [0.25, 0.3) is 0 Å². The van der Waals surface area contributed by atoms with Gasteiger partial charge in [0.05, 0.1) is 6.67 Å². The molecule has 0 spiro atoms. The lowest BCUT2D eigenvalue weighted by molar-refractivity contribution is 0.287. The third-order valence-electron chi connectivity index (χ3n) is 2.74. The largest absolute Gasteiger partial charge is 0.358 e. The summed E-state index contributed by atoms with van der Waals surface area (Å²) in [5.74, 6) is 0. The van der Waals surface area contributed by atoms with E-state index in [1.165, 1.54) is 37.9 Å². The molecule has 13 heavy (non-hydrogen) atoms. The first kappa shape index (κ1) is 8.67. The van der Waals surface area contributed by atoms with Gasteiger partial charge in [0.2, 0.25) is 0 Å². The van der Waals surface area contributed by atoms with Gasteiger partial charge in [0.1, 0.15) is 0 Å². The van der Waals surface area contributed by atoms with Crippen LogP contribution in [-0.2, 0) is 0 Å². The lowest BCUT2D eigenvalue weighted by Crippen LogP contribution is -2.27. The molecule has 0 aromatic carbocycles. The zero-order valence-electron chi connectivity index (χ0n) is 8.37. The van der Waals surface area contributed by atoms with E-state index in [4.69, 9.17) is 0 Å². The Kier molecular flexibility index (Phi) is 2.57. The molecule has 0 saturated heterocycles. The van der Waals surface area contributed by atoms with Crippen molar-refractivity contribution >= 4 is 0 Å². The molecular weight excluding hydrogens is 160 g/mol. The number of unbranched alkanes of at least 4 members (excludes halogenated alkanes) is 1. The molecule has 1 aliphatic carbocycles. The van der Waals surface area contributed by atoms with Crippen LogP contribution in [0.1, 0.15) is 32.6 Å². The van der Waals surface area contributed by atoms with E-state index >= 15 is 0 Å². The lowest BCUT2D eigenvalue weighted by Gasteiger charge is -2.27. The predicted molar refractivity (Wildman–Crippen MR) is 54.8 cm³/mol. The maximum absolute atomic E-state index is 2.39. The van der Waals surface area contributed by atoms with Crippen molar-refractivity contribution in [2.24, 2.45) is 0 Å². The van der Waals surface area contributed by atoms with Crippen molar-refractivity contribution in [3.05, 3.63) is 24.2 Å².